The predicted molar refractivity (Wildman–Crippen MR) is 142 cm³/mol. The highest BCUT2D eigenvalue weighted by Gasteiger charge is 2.36. The lowest BCUT2D eigenvalue weighted by molar-refractivity contribution is -0.137. The van der Waals surface area contributed by atoms with Crippen molar-refractivity contribution < 1.29 is 31.3 Å². The molecule has 1 atom stereocenters. The number of hydrogen-bond donors (Lipinski definition) is 1. The van der Waals surface area contributed by atoms with Crippen molar-refractivity contribution in [3.05, 3.63) is 62.9 Å². The number of nitrogens with one attached hydrogen (secondary N) is 1. The molecule has 1 saturated heterocycles. The summed E-state index contributed by atoms with van der Waals surface area (Å²) in [5, 5.41) is 9.32. The second kappa shape index (κ2) is 11.4. The molecule has 12 heteroatoms. The number of amides is 1. The van der Waals surface area contributed by atoms with E-state index >= 15 is 0 Å². The quantitative estimate of drug-likeness (QED) is 0.325. The molecule has 1 unspecified atom stereocenters. The Balaban J connectivity index is 1.39. The Kier molecular flexibility index (Phi) is 8.50. The van der Waals surface area contributed by atoms with E-state index in [9.17, 15) is 31.8 Å². The topological polar surface area (TPSA) is 82.4 Å². The summed E-state index contributed by atoms with van der Waals surface area (Å²) < 4.78 is 75.0. The molecule has 2 fully saturated rings. The highest BCUT2D eigenvalue weighted by molar-refractivity contribution is 7.98. The number of halogens is 5. The van der Waals surface area contributed by atoms with E-state index in [0.29, 0.717) is 38.3 Å². The molecule has 0 aromatic heterocycles. The number of rotatable bonds is 8. The van der Waals surface area contributed by atoms with E-state index in [1.165, 1.54) is 24.5 Å². The molecule has 6 nitrogen and oxygen atoms in total. The standard InChI is InChI=1S/C27H28ClF4N3O3S/c1-39(2,37)34-26(36)21-11-20(17-3-4-17)25(12-24(21)29)38-15-16-5-7-35(8-6-16)14-18-9-19(28)10-23(22(18)13-33)27(30,31)32/h9-12,16-17H,1,3-8,14-15H2,2H3,(H,34,36,37). The zero-order chi connectivity index (χ0) is 28.5. The molecule has 1 heterocycles. The molecule has 2 aromatic rings. The number of alkyl halides is 3. The normalized spacial score (nSPS) is 18.3. The third-order valence-corrected chi connectivity index (χ3v) is 7.68. The summed E-state index contributed by atoms with van der Waals surface area (Å²) in [7, 11) is -2.85. The minimum Gasteiger partial charge on any atom is -0.493 e. The van der Waals surface area contributed by atoms with Crippen LogP contribution in [0.25, 0.3) is 0 Å². The minimum atomic E-state index is -4.68. The molecule has 210 valence electrons. The van der Waals surface area contributed by atoms with E-state index in [4.69, 9.17) is 16.3 Å². The lowest BCUT2D eigenvalue weighted by Crippen LogP contribution is -2.35. The number of nitriles is 1. The van der Waals surface area contributed by atoms with Gasteiger partial charge in [0.2, 0.25) is 0 Å². The number of piperidine rings is 1. The van der Waals surface area contributed by atoms with Gasteiger partial charge in [-0.15, -0.1) is 0 Å². The summed E-state index contributed by atoms with van der Waals surface area (Å²) in [6, 6.07) is 6.51. The SMILES string of the molecule is C=S(C)(=O)NC(=O)c1cc(C2CC2)c(OCC2CCN(Cc3cc(Cl)cc(C(F)(F)F)c3C#N)CC2)cc1F. The third-order valence-electron chi connectivity index (χ3n) is 6.85. The molecule has 1 aliphatic heterocycles. The van der Waals surface area contributed by atoms with Gasteiger partial charge in [-0.2, -0.15) is 18.4 Å². The first-order chi connectivity index (χ1) is 18.2. The van der Waals surface area contributed by atoms with Crippen LogP contribution in [0, 0.1) is 23.1 Å². The highest BCUT2D eigenvalue weighted by Crippen LogP contribution is 2.45. The van der Waals surface area contributed by atoms with Gasteiger partial charge in [0, 0.05) is 33.6 Å². The molecular formula is C27H28ClF4N3O3S. The highest BCUT2D eigenvalue weighted by atomic mass is 35.5. The summed E-state index contributed by atoms with van der Waals surface area (Å²) in [6.07, 6.45) is -0.238. The molecule has 39 heavy (non-hydrogen) atoms. The van der Waals surface area contributed by atoms with Crippen LogP contribution < -0.4 is 9.46 Å². The van der Waals surface area contributed by atoms with E-state index in [2.05, 4.69) is 10.6 Å². The fourth-order valence-electron chi connectivity index (χ4n) is 4.74. The Bertz CT molecular complexity index is 1410. The maximum absolute atomic E-state index is 14.8. The average Bonchev–Trinajstić information content (AvgIpc) is 3.67. The van der Waals surface area contributed by atoms with Crippen LogP contribution in [-0.4, -0.2) is 46.8 Å². The second-order valence-corrected chi connectivity index (χ2v) is 12.9. The van der Waals surface area contributed by atoms with Crippen molar-refractivity contribution in [3.63, 3.8) is 0 Å². The van der Waals surface area contributed by atoms with Crippen LogP contribution in [0.1, 0.15) is 64.2 Å². The maximum atomic E-state index is 14.8. The van der Waals surface area contributed by atoms with Gasteiger partial charge < -0.3 is 4.74 Å². The summed E-state index contributed by atoms with van der Waals surface area (Å²) >= 11 is 5.92. The molecule has 1 N–H and O–H groups in total. The molecule has 1 amide bonds. The van der Waals surface area contributed by atoms with Gasteiger partial charge in [-0.25, -0.2) is 8.60 Å². The summed E-state index contributed by atoms with van der Waals surface area (Å²) in [6.45, 7) is 1.64. The molecule has 0 radical (unpaired) electrons. The lowest BCUT2D eigenvalue weighted by Gasteiger charge is -2.32. The van der Waals surface area contributed by atoms with Gasteiger partial charge >= 0.3 is 6.18 Å². The van der Waals surface area contributed by atoms with Crippen LogP contribution >= 0.6 is 11.6 Å². The fourth-order valence-corrected chi connectivity index (χ4v) is 5.48. The van der Waals surface area contributed by atoms with Crippen molar-refractivity contribution in [3.8, 4) is 11.8 Å². The average molecular weight is 586 g/mol. The first-order valence-electron chi connectivity index (χ1n) is 12.4. The van der Waals surface area contributed by atoms with Crippen LogP contribution in [0.4, 0.5) is 17.6 Å². The van der Waals surface area contributed by atoms with Crippen molar-refractivity contribution in [2.24, 2.45) is 5.92 Å². The number of likely N-dealkylation sites (tertiary alicyclic amines) is 1. The van der Waals surface area contributed by atoms with E-state index in [0.717, 1.165) is 24.5 Å². The number of carbonyl (C=O) groups excluding carboxylic acids is 1. The van der Waals surface area contributed by atoms with Gasteiger partial charge in [0.15, 0.2) is 0 Å². The van der Waals surface area contributed by atoms with Crippen molar-refractivity contribution in [2.75, 3.05) is 26.0 Å². The first-order valence-corrected chi connectivity index (χ1v) is 14.9. The Morgan fingerprint density at radius 3 is 2.46 bits per heavy atom. The van der Waals surface area contributed by atoms with Gasteiger partial charge in [-0.05, 0) is 85.8 Å². The summed E-state index contributed by atoms with van der Waals surface area (Å²) in [5.41, 5.74) is -0.690. The van der Waals surface area contributed by atoms with Crippen LogP contribution in [0.5, 0.6) is 5.75 Å². The monoisotopic (exact) mass is 585 g/mol. The minimum absolute atomic E-state index is 0.0727. The molecule has 2 aromatic carbocycles. The Morgan fingerprint density at radius 1 is 1.23 bits per heavy atom. The number of ether oxygens (including phenoxy) is 1. The fraction of sp³-hybridized carbons (Fsp3) is 0.444. The van der Waals surface area contributed by atoms with Crippen LogP contribution in [-0.2, 0) is 22.4 Å². The zero-order valence-electron chi connectivity index (χ0n) is 21.2. The molecular weight excluding hydrogens is 558 g/mol. The Hall–Kier alpha value is -2.81. The molecule has 4 rings (SSSR count). The van der Waals surface area contributed by atoms with Gasteiger partial charge in [0.25, 0.3) is 5.91 Å². The van der Waals surface area contributed by atoms with E-state index < -0.39 is 38.7 Å². The van der Waals surface area contributed by atoms with Crippen molar-refractivity contribution in [1.29, 1.82) is 5.26 Å². The Morgan fingerprint density at radius 2 is 1.90 bits per heavy atom. The molecule has 0 spiro atoms. The maximum Gasteiger partial charge on any atom is 0.417 e. The van der Waals surface area contributed by atoms with Gasteiger partial charge in [-0.3, -0.25) is 14.4 Å². The van der Waals surface area contributed by atoms with Crippen LogP contribution in [0.15, 0.2) is 24.3 Å². The number of carbonyl (C=O) groups is 1. The largest absolute Gasteiger partial charge is 0.493 e. The van der Waals surface area contributed by atoms with E-state index in [-0.39, 0.29) is 34.5 Å². The van der Waals surface area contributed by atoms with Crippen LogP contribution in [0.3, 0.4) is 0 Å². The first kappa shape index (κ1) is 29.2. The van der Waals surface area contributed by atoms with E-state index in [1.807, 2.05) is 4.90 Å². The molecule has 0 bridgehead atoms. The number of hydrogen-bond acceptors (Lipinski definition) is 5. The number of nitrogens with zero attached hydrogens (tertiary/aromatic N) is 2. The van der Waals surface area contributed by atoms with Gasteiger partial charge in [-0.1, -0.05) is 11.6 Å². The third kappa shape index (κ3) is 7.44. The summed E-state index contributed by atoms with van der Waals surface area (Å²) in [5.74, 6) is 2.46. The molecule has 2 aliphatic rings. The summed E-state index contributed by atoms with van der Waals surface area (Å²) in [4.78, 5) is 14.4. The lowest BCUT2D eigenvalue weighted by atomic mass is 9.96. The van der Waals surface area contributed by atoms with Crippen molar-refractivity contribution >= 4 is 33.1 Å². The molecule has 1 saturated carbocycles. The van der Waals surface area contributed by atoms with E-state index in [1.54, 1.807) is 6.07 Å². The van der Waals surface area contributed by atoms with Crippen LogP contribution in [0.2, 0.25) is 5.02 Å². The zero-order valence-corrected chi connectivity index (χ0v) is 22.8. The smallest absolute Gasteiger partial charge is 0.417 e. The second-order valence-electron chi connectivity index (χ2n) is 10.2. The Labute approximate surface area is 230 Å². The molecule has 1 aliphatic carbocycles. The number of benzene rings is 2. The predicted octanol–water partition coefficient (Wildman–Crippen LogP) is 5.53. The van der Waals surface area contributed by atoms with Gasteiger partial charge in [0.1, 0.15) is 17.6 Å². The van der Waals surface area contributed by atoms with Crippen molar-refractivity contribution in [2.45, 2.75) is 44.3 Å². The van der Waals surface area contributed by atoms with Crippen molar-refractivity contribution in [1.82, 2.24) is 9.62 Å². The van der Waals surface area contributed by atoms with Gasteiger partial charge in [0.05, 0.1) is 23.3 Å².